The lowest BCUT2D eigenvalue weighted by molar-refractivity contribution is 0.368. The Labute approximate surface area is 83.6 Å². The summed E-state index contributed by atoms with van der Waals surface area (Å²) in [6.45, 7) is 0. The Morgan fingerprint density at radius 1 is 1.54 bits per heavy atom. The molecule has 5 nitrogen and oxygen atoms in total. The van der Waals surface area contributed by atoms with E-state index in [0.29, 0.717) is 17.6 Å². The minimum Gasteiger partial charge on any atom is -0.337 e. The lowest BCUT2D eigenvalue weighted by Gasteiger charge is -2.00. The number of hydrogen-bond donors (Lipinski definition) is 0. The van der Waals surface area contributed by atoms with Gasteiger partial charge in [-0.3, -0.25) is 0 Å². The van der Waals surface area contributed by atoms with E-state index in [0.717, 1.165) is 0 Å². The first-order chi connectivity index (χ1) is 6.09. The van der Waals surface area contributed by atoms with Crippen LogP contribution < -0.4 is 0 Å². The zero-order chi connectivity index (χ0) is 9.47. The van der Waals surface area contributed by atoms with Gasteiger partial charge in [-0.2, -0.15) is 4.98 Å². The highest BCUT2D eigenvalue weighted by Crippen LogP contribution is 2.33. The molecular weight excluding hydrogens is 260 g/mol. The van der Waals surface area contributed by atoms with Gasteiger partial charge in [-0.05, 0) is 33.9 Å². The van der Waals surface area contributed by atoms with Crippen LogP contribution >= 0.6 is 15.9 Å². The molecule has 0 aromatic carbocycles. The van der Waals surface area contributed by atoms with E-state index in [1.807, 2.05) is 0 Å². The second kappa shape index (κ2) is 3.06. The third-order valence-corrected chi connectivity index (χ3v) is 4.51. The van der Waals surface area contributed by atoms with E-state index in [4.69, 9.17) is 4.52 Å². The van der Waals surface area contributed by atoms with Crippen molar-refractivity contribution in [1.82, 2.24) is 10.1 Å². The van der Waals surface area contributed by atoms with Gasteiger partial charge in [0.05, 0.1) is 5.75 Å². The molecule has 0 radical (unpaired) electrons. The molecule has 72 valence electrons. The van der Waals surface area contributed by atoms with E-state index in [1.54, 1.807) is 0 Å². The van der Waals surface area contributed by atoms with Gasteiger partial charge >= 0.3 is 0 Å². The molecule has 1 aromatic heterocycles. The maximum atomic E-state index is 11.4. The quantitative estimate of drug-likeness (QED) is 0.761. The Balaban J connectivity index is 2.37. The molecule has 0 spiro atoms. The normalized spacial score (nSPS) is 26.4. The largest absolute Gasteiger partial charge is 0.337 e. The Kier molecular flexibility index (Phi) is 2.15. The molecule has 1 saturated heterocycles. The van der Waals surface area contributed by atoms with E-state index >= 15 is 0 Å². The number of rotatable bonds is 1. The van der Waals surface area contributed by atoms with Gasteiger partial charge in [0.15, 0.2) is 9.84 Å². The number of nitrogens with zero attached hydrogens (tertiary/aromatic N) is 2. The van der Waals surface area contributed by atoms with Gasteiger partial charge in [-0.15, -0.1) is 0 Å². The fraction of sp³-hybridized carbons (Fsp3) is 0.667. The maximum Gasteiger partial charge on any atom is 0.245 e. The summed E-state index contributed by atoms with van der Waals surface area (Å²) < 4.78 is 27.9. The van der Waals surface area contributed by atoms with Crippen LogP contribution in [0.25, 0.3) is 0 Å². The zero-order valence-corrected chi connectivity index (χ0v) is 9.01. The van der Waals surface area contributed by atoms with Gasteiger partial charge in [-0.25, -0.2) is 8.42 Å². The summed E-state index contributed by atoms with van der Waals surface area (Å²) in [4.78, 5) is 3.85. The van der Waals surface area contributed by atoms with Crippen LogP contribution in [0, 0.1) is 0 Å². The molecule has 1 aliphatic rings. The molecule has 1 atom stereocenters. The van der Waals surface area contributed by atoms with Crippen LogP contribution in [0.2, 0.25) is 0 Å². The van der Waals surface area contributed by atoms with Gasteiger partial charge in [0.25, 0.3) is 0 Å². The van der Waals surface area contributed by atoms with Crippen molar-refractivity contribution in [3.63, 3.8) is 0 Å². The Hall–Kier alpha value is -0.430. The summed E-state index contributed by atoms with van der Waals surface area (Å²) in [7, 11) is -3.04. The van der Waals surface area contributed by atoms with Crippen molar-refractivity contribution in [3.8, 4) is 0 Å². The maximum absolute atomic E-state index is 11.4. The summed E-state index contributed by atoms with van der Waals surface area (Å²) in [6, 6.07) is 0. The minimum atomic E-state index is -3.04. The molecule has 0 N–H and O–H groups in total. The molecular formula is C6H7BrN2O3S. The van der Waals surface area contributed by atoms with Crippen molar-refractivity contribution in [1.29, 1.82) is 0 Å². The van der Waals surface area contributed by atoms with Crippen LogP contribution in [0.1, 0.15) is 24.0 Å². The second-order valence-corrected chi connectivity index (χ2v) is 5.91. The second-order valence-electron chi connectivity index (χ2n) is 2.90. The topological polar surface area (TPSA) is 73.1 Å². The van der Waals surface area contributed by atoms with Crippen LogP contribution in [0.15, 0.2) is 9.26 Å². The van der Waals surface area contributed by atoms with Crippen molar-refractivity contribution in [2.45, 2.75) is 18.1 Å². The highest BCUT2D eigenvalue weighted by Gasteiger charge is 2.36. The van der Waals surface area contributed by atoms with E-state index in [9.17, 15) is 8.42 Å². The predicted molar refractivity (Wildman–Crippen MR) is 47.8 cm³/mol. The van der Waals surface area contributed by atoms with Crippen LogP contribution in [0.5, 0.6) is 0 Å². The first-order valence-corrected chi connectivity index (χ1v) is 6.31. The summed E-state index contributed by atoms with van der Waals surface area (Å²) in [5, 5.41) is 2.90. The Bertz CT molecular complexity index is 413. The van der Waals surface area contributed by atoms with E-state index in [1.165, 1.54) is 0 Å². The first kappa shape index (κ1) is 9.14. The number of halogens is 1. The predicted octanol–water partition coefficient (Wildman–Crippen LogP) is 1.08. The van der Waals surface area contributed by atoms with E-state index in [-0.39, 0.29) is 11.6 Å². The molecule has 0 amide bonds. The van der Waals surface area contributed by atoms with Gasteiger partial charge in [0, 0.05) is 0 Å². The highest BCUT2D eigenvalue weighted by atomic mass is 79.9. The third-order valence-electron chi connectivity index (χ3n) is 2.02. The summed E-state index contributed by atoms with van der Waals surface area (Å²) >= 11 is 3.01. The highest BCUT2D eigenvalue weighted by molar-refractivity contribution is 9.10. The van der Waals surface area contributed by atoms with Crippen LogP contribution in [0.3, 0.4) is 0 Å². The zero-order valence-electron chi connectivity index (χ0n) is 6.60. The fourth-order valence-electron chi connectivity index (χ4n) is 1.42. The molecule has 0 saturated carbocycles. The summed E-state index contributed by atoms with van der Waals surface area (Å²) in [5.41, 5.74) is 0. The Morgan fingerprint density at radius 2 is 2.31 bits per heavy atom. The molecule has 2 rings (SSSR count). The lowest BCUT2D eigenvalue weighted by Crippen LogP contribution is -2.07. The molecule has 7 heteroatoms. The number of aromatic nitrogens is 2. The number of sulfone groups is 1. The standard InChI is InChI=1S/C6H7BrN2O3S/c7-6-8-5(12-9-6)4-2-1-3-13(4,10)11/h4H,1-3H2. The van der Waals surface area contributed by atoms with Gasteiger partial charge < -0.3 is 4.52 Å². The Morgan fingerprint density at radius 3 is 2.77 bits per heavy atom. The average molecular weight is 267 g/mol. The van der Waals surface area contributed by atoms with Gasteiger partial charge in [0.1, 0.15) is 5.25 Å². The molecule has 2 heterocycles. The van der Waals surface area contributed by atoms with Crippen molar-refractivity contribution in [2.24, 2.45) is 0 Å². The first-order valence-electron chi connectivity index (χ1n) is 3.80. The molecule has 0 bridgehead atoms. The molecule has 1 aliphatic heterocycles. The minimum absolute atomic E-state index is 0.198. The van der Waals surface area contributed by atoms with Crippen LogP contribution in [0.4, 0.5) is 0 Å². The van der Waals surface area contributed by atoms with Crippen molar-refractivity contribution < 1.29 is 12.9 Å². The SMILES string of the molecule is O=S1(=O)CCCC1c1nc(Br)no1. The fourth-order valence-corrected chi connectivity index (χ4v) is 3.45. The lowest BCUT2D eigenvalue weighted by atomic mass is 10.2. The molecule has 1 unspecified atom stereocenters. The summed E-state index contributed by atoms with van der Waals surface area (Å²) in [6.07, 6.45) is 1.25. The molecule has 0 aliphatic carbocycles. The third kappa shape index (κ3) is 1.62. The van der Waals surface area contributed by atoms with Gasteiger partial charge in [-0.1, -0.05) is 0 Å². The van der Waals surface area contributed by atoms with Crippen molar-refractivity contribution >= 4 is 25.8 Å². The molecule has 1 fully saturated rings. The number of hydrogen-bond acceptors (Lipinski definition) is 5. The van der Waals surface area contributed by atoms with Crippen LogP contribution in [-0.2, 0) is 9.84 Å². The van der Waals surface area contributed by atoms with Gasteiger partial charge in [0.2, 0.25) is 10.6 Å². The van der Waals surface area contributed by atoms with E-state index in [2.05, 4.69) is 26.1 Å². The molecule has 1 aromatic rings. The van der Waals surface area contributed by atoms with Crippen molar-refractivity contribution in [2.75, 3.05) is 5.75 Å². The smallest absolute Gasteiger partial charge is 0.245 e. The summed E-state index contributed by atoms with van der Waals surface area (Å²) in [5.74, 6) is 0.418. The monoisotopic (exact) mass is 266 g/mol. The molecule has 13 heavy (non-hydrogen) atoms. The average Bonchev–Trinajstić information content (AvgIpc) is 2.56. The van der Waals surface area contributed by atoms with Crippen molar-refractivity contribution in [3.05, 3.63) is 10.6 Å². The van der Waals surface area contributed by atoms with E-state index < -0.39 is 15.1 Å². The van der Waals surface area contributed by atoms with Crippen LogP contribution in [-0.4, -0.2) is 24.3 Å².